The van der Waals surface area contributed by atoms with E-state index in [2.05, 4.69) is 22.2 Å². The van der Waals surface area contributed by atoms with Gasteiger partial charge in [-0.1, -0.05) is 6.92 Å². The zero-order chi connectivity index (χ0) is 21.1. The van der Waals surface area contributed by atoms with Gasteiger partial charge in [0.05, 0.1) is 6.20 Å². The molecule has 4 rings (SSSR count). The Morgan fingerprint density at radius 2 is 2.17 bits per heavy atom. The summed E-state index contributed by atoms with van der Waals surface area (Å²) in [4.78, 5) is 23.8. The highest BCUT2D eigenvalue weighted by Gasteiger charge is 2.26. The van der Waals surface area contributed by atoms with Gasteiger partial charge in [0, 0.05) is 50.6 Å². The lowest BCUT2D eigenvalue weighted by atomic mass is 10.0. The number of pyridine rings is 1. The third kappa shape index (κ3) is 4.02. The highest BCUT2D eigenvalue weighted by molar-refractivity contribution is 5.55. The van der Waals surface area contributed by atoms with Gasteiger partial charge < -0.3 is 19.9 Å². The van der Waals surface area contributed by atoms with Crippen LogP contribution in [-0.2, 0) is 20.0 Å². The van der Waals surface area contributed by atoms with Crippen molar-refractivity contribution in [2.45, 2.75) is 51.6 Å². The van der Waals surface area contributed by atoms with Gasteiger partial charge in [-0.2, -0.15) is 19.6 Å². The molecule has 1 fully saturated rings. The maximum Gasteiger partial charge on any atom is 0.250 e. The predicted octanol–water partition coefficient (Wildman–Crippen LogP) is 1.74. The lowest BCUT2D eigenvalue weighted by molar-refractivity contribution is 0.261. The Hall–Kier alpha value is -2.94. The summed E-state index contributed by atoms with van der Waals surface area (Å²) in [6.07, 6.45) is 8.41. The summed E-state index contributed by atoms with van der Waals surface area (Å²) in [5.74, 6) is 1.27. The second-order valence-electron chi connectivity index (χ2n) is 7.80. The number of rotatable bonds is 7. The topological polar surface area (TPSA) is 101 Å². The second kappa shape index (κ2) is 8.83. The molecule has 2 N–H and O–H groups in total. The first-order valence-electron chi connectivity index (χ1n) is 10.6. The number of aliphatic hydroxyl groups is 1. The largest absolute Gasteiger partial charge is 0.396 e. The van der Waals surface area contributed by atoms with Gasteiger partial charge in [0.15, 0.2) is 5.65 Å². The first kappa shape index (κ1) is 20.3. The maximum atomic E-state index is 11.9. The number of anilines is 2. The number of piperidine rings is 1. The number of aromatic nitrogens is 5. The number of hydrogen-bond donors (Lipinski definition) is 2. The van der Waals surface area contributed by atoms with Crippen LogP contribution in [0.5, 0.6) is 0 Å². The van der Waals surface area contributed by atoms with Crippen LogP contribution < -0.4 is 15.8 Å². The average molecular weight is 412 g/mol. The number of nitrogens with one attached hydrogen (secondary N) is 1. The molecule has 160 valence electrons. The molecular formula is C21H29N7O2. The first-order chi connectivity index (χ1) is 14.6. The third-order valence-corrected chi connectivity index (χ3v) is 5.78. The van der Waals surface area contributed by atoms with Crippen LogP contribution in [0.4, 0.5) is 11.9 Å². The van der Waals surface area contributed by atoms with Crippen molar-refractivity contribution < 1.29 is 5.11 Å². The summed E-state index contributed by atoms with van der Waals surface area (Å²) in [6.45, 7) is 3.58. The van der Waals surface area contributed by atoms with E-state index in [1.807, 2.05) is 12.3 Å². The Kier molecular flexibility index (Phi) is 5.98. The molecule has 0 aliphatic carbocycles. The van der Waals surface area contributed by atoms with Gasteiger partial charge in [-0.3, -0.25) is 4.79 Å². The minimum Gasteiger partial charge on any atom is -0.396 e. The van der Waals surface area contributed by atoms with Crippen molar-refractivity contribution in [1.29, 1.82) is 0 Å². The molecule has 1 unspecified atom stereocenters. The van der Waals surface area contributed by atoms with Gasteiger partial charge in [0.1, 0.15) is 0 Å². The smallest absolute Gasteiger partial charge is 0.250 e. The fraction of sp³-hybridized carbons (Fsp3) is 0.524. The average Bonchev–Trinajstić information content (AvgIpc) is 3.18. The molecule has 1 atom stereocenters. The van der Waals surface area contributed by atoms with Crippen molar-refractivity contribution in [2.24, 2.45) is 7.05 Å². The van der Waals surface area contributed by atoms with Crippen LogP contribution in [0.15, 0.2) is 29.3 Å². The molecule has 0 spiro atoms. The van der Waals surface area contributed by atoms with Crippen LogP contribution in [0.2, 0.25) is 0 Å². The standard InChI is InChI=1S/C21H29N7O2/c1-3-16-14-23-28-19(16)24-21(27-9-5-4-6-17(27)8-11-29)25-20(28)22-13-15-7-10-26(2)18(30)12-15/h7,10,12,14,17,29H,3-6,8-9,11,13H2,1-2H3,(H,22,24,25). The normalized spacial score (nSPS) is 16.9. The fourth-order valence-electron chi connectivity index (χ4n) is 4.00. The van der Waals surface area contributed by atoms with Crippen molar-refractivity contribution in [2.75, 3.05) is 23.4 Å². The minimum atomic E-state index is -0.0460. The van der Waals surface area contributed by atoms with E-state index >= 15 is 0 Å². The number of aliphatic hydroxyl groups excluding tert-OH is 1. The minimum absolute atomic E-state index is 0.0460. The van der Waals surface area contributed by atoms with E-state index in [1.165, 1.54) is 0 Å². The Morgan fingerprint density at radius 1 is 1.30 bits per heavy atom. The van der Waals surface area contributed by atoms with E-state index in [9.17, 15) is 9.90 Å². The van der Waals surface area contributed by atoms with E-state index < -0.39 is 0 Å². The van der Waals surface area contributed by atoms with Gasteiger partial charge in [0.2, 0.25) is 11.9 Å². The van der Waals surface area contributed by atoms with Crippen LogP contribution in [0, 0.1) is 0 Å². The molecule has 0 bridgehead atoms. The molecule has 0 radical (unpaired) electrons. The molecular weight excluding hydrogens is 382 g/mol. The van der Waals surface area contributed by atoms with E-state index in [4.69, 9.17) is 9.97 Å². The molecule has 9 nitrogen and oxygen atoms in total. The van der Waals surface area contributed by atoms with Crippen molar-refractivity contribution in [3.8, 4) is 0 Å². The number of aryl methyl sites for hydroxylation is 2. The molecule has 0 amide bonds. The zero-order valence-corrected chi connectivity index (χ0v) is 17.6. The molecule has 3 aromatic rings. The molecule has 3 aromatic heterocycles. The van der Waals surface area contributed by atoms with Crippen molar-refractivity contribution in [3.63, 3.8) is 0 Å². The lowest BCUT2D eigenvalue weighted by Gasteiger charge is -2.35. The Balaban J connectivity index is 1.69. The summed E-state index contributed by atoms with van der Waals surface area (Å²) >= 11 is 0. The Bertz CT molecular complexity index is 1070. The second-order valence-corrected chi connectivity index (χ2v) is 7.80. The SMILES string of the molecule is CCc1cnn2c(NCc3ccn(C)c(=O)c3)nc(N3CCCCC3CCO)nc12. The van der Waals surface area contributed by atoms with Gasteiger partial charge in [-0.05, 0) is 43.7 Å². The maximum absolute atomic E-state index is 11.9. The number of fused-ring (bicyclic) bond motifs is 1. The van der Waals surface area contributed by atoms with Crippen LogP contribution in [0.1, 0.15) is 43.7 Å². The molecule has 1 aliphatic rings. The highest BCUT2D eigenvalue weighted by Crippen LogP contribution is 2.26. The zero-order valence-electron chi connectivity index (χ0n) is 17.6. The first-order valence-corrected chi connectivity index (χ1v) is 10.6. The molecule has 0 saturated carbocycles. The Morgan fingerprint density at radius 3 is 2.93 bits per heavy atom. The van der Waals surface area contributed by atoms with E-state index in [1.54, 1.807) is 28.4 Å². The van der Waals surface area contributed by atoms with Crippen molar-refractivity contribution in [3.05, 3.63) is 46.0 Å². The lowest BCUT2D eigenvalue weighted by Crippen LogP contribution is -2.41. The van der Waals surface area contributed by atoms with Crippen molar-refractivity contribution in [1.82, 2.24) is 24.1 Å². The molecule has 1 aliphatic heterocycles. The highest BCUT2D eigenvalue weighted by atomic mass is 16.3. The summed E-state index contributed by atoms with van der Waals surface area (Å²) in [7, 11) is 1.73. The van der Waals surface area contributed by atoms with Gasteiger partial charge in [-0.25, -0.2) is 0 Å². The molecule has 30 heavy (non-hydrogen) atoms. The number of nitrogens with zero attached hydrogens (tertiary/aromatic N) is 6. The summed E-state index contributed by atoms with van der Waals surface area (Å²) in [6, 6.07) is 3.77. The van der Waals surface area contributed by atoms with E-state index in [0.717, 1.165) is 49.0 Å². The Labute approximate surface area is 175 Å². The predicted molar refractivity (Wildman–Crippen MR) is 116 cm³/mol. The number of hydrogen-bond acceptors (Lipinski definition) is 7. The van der Waals surface area contributed by atoms with Gasteiger partial charge in [-0.15, -0.1) is 0 Å². The summed E-state index contributed by atoms with van der Waals surface area (Å²) < 4.78 is 3.28. The van der Waals surface area contributed by atoms with Crippen LogP contribution in [-0.4, -0.2) is 48.4 Å². The third-order valence-electron chi connectivity index (χ3n) is 5.78. The molecule has 1 saturated heterocycles. The quantitative estimate of drug-likeness (QED) is 0.611. The summed E-state index contributed by atoms with van der Waals surface area (Å²) in [5.41, 5.74) is 2.69. The van der Waals surface area contributed by atoms with Crippen LogP contribution in [0.3, 0.4) is 0 Å². The van der Waals surface area contributed by atoms with E-state index in [-0.39, 0.29) is 18.2 Å². The van der Waals surface area contributed by atoms with Gasteiger partial charge >= 0.3 is 0 Å². The monoisotopic (exact) mass is 411 g/mol. The van der Waals surface area contributed by atoms with Crippen LogP contribution in [0.25, 0.3) is 5.65 Å². The molecule has 9 heteroatoms. The van der Waals surface area contributed by atoms with Crippen LogP contribution >= 0.6 is 0 Å². The van der Waals surface area contributed by atoms with E-state index in [0.29, 0.717) is 24.9 Å². The van der Waals surface area contributed by atoms with Gasteiger partial charge in [0.25, 0.3) is 5.56 Å². The van der Waals surface area contributed by atoms with Crippen molar-refractivity contribution >= 4 is 17.5 Å². The molecule has 4 heterocycles. The summed E-state index contributed by atoms with van der Waals surface area (Å²) in [5, 5.41) is 17.3. The fourth-order valence-corrected chi connectivity index (χ4v) is 4.00. The molecule has 0 aromatic carbocycles.